The van der Waals surface area contributed by atoms with Crippen LogP contribution in [0.1, 0.15) is 36.7 Å². The molecule has 0 amide bonds. The van der Waals surface area contributed by atoms with Crippen molar-refractivity contribution >= 4 is 16.7 Å². The lowest BCUT2D eigenvalue weighted by Gasteiger charge is -2.30. The lowest BCUT2D eigenvalue weighted by Crippen LogP contribution is -2.32. The number of nitrogens with zero attached hydrogens (tertiary/aromatic N) is 3. The van der Waals surface area contributed by atoms with Gasteiger partial charge in [-0.15, -0.1) is 0 Å². The Kier molecular flexibility index (Phi) is 5.05. The molecule has 0 radical (unpaired) electrons. The molecule has 2 heterocycles. The molecular weight excluding hydrogens is 292 g/mol. The molecule has 0 unspecified atom stereocenters. The fraction of sp³-hybridized carbons (Fsp3) is 0.529. The second-order valence-corrected chi connectivity index (χ2v) is 6.98. The van der Waals surface area contributed by atoms with Crippen molar-refractivity contribution in [2.75, 3.05) is 18.4 Å². The number of likely N-dealkylation sites (tertiary alicyclic amines) is 1. The number of benzene rings is 1. The topological polar surface area (TPSA) is 41.1 Å². The molecule has 1 aromatic carbocycles. The van der Waals surface area contributed by atoms with Crippen LogP contribution in [-0.2, 0) is 13.1 Å². The Bertz CT molecular complexity index is 602. The third-order valence-electron chi connectivity index (χ3n) is 4.35. The minimum absolute atomic E-state index is 0.815. The molecular formula is C17H24N4S. The van der Waals surface area contributed by atoms with Crippen molar-refractivity contribution < 1.29 is 0 Å². The van der Waals surface area contributed by atoms with E-state index >= 15 is 0 Å². The van der Waals surface area contributed by atoms with Gasteiger partial charge in [0.15, 0.2) is 0 Å². The van der Waals surface area contributed by atoms with Gasteiger partial charge in [-0.3, -0.25) is 4.90 Å². The first-order valence-electron chi connectivity index (χ1n) is 8.04. The van der Waals surface area contributed by atoms with Crippen LogP contribution in [0.4, 0.5) is 5.13 Å². The van der Waals surface area contributed by atoms with Crippen LogP contribution in [0.25, 0.3) is 0 Å². The number of aromatic nitrogens is 2. The van der Waals surface area contributed by atoms with E-state index in [9.17, 15) is 0 Å². The molecule has 118 valence electrons. The van der Waals surface area contributed by atoms with Crippen LogP contribution in [0.2, 0.25) is 0 Å². The smallest absolute Gasteiger partial charge is 0.202 e. The summed E-state index contributed by atoms with van der Waals surface area (Å²) in [6, 6.07) is 8.72. The van der Waals surface area contributed by atoms with Gasteiger partial charge < -0.3 is 5.32 Å². The monoisotopic (exact) mass is 316 g/mol. The van der Waals surface area contributed by atoms with E-state index in [0.29, 0.717) is 0 Å². The number of rotatable bonds is 5. The largest absolute Gasteiger partial charge is 0.356 e. The molecule has 1 fully saturated rings. The molecule has 22 heavy (non-hydrogen) atoms. The molecule has 0 aliphatic carbocycles. The Morgan fingerprint density at radius 1 is 1.23 bits per heavy atom. The zero-order chi connectivity index (χ0) is 15.4. The summed E-state index contributed by atoms with van der Waals surface area (Å²) in [5.41, 5.74) is 2.78. The summed E-state index contributed by atoms with van der Waals surface area (Å²) < 4.78 is 4.21. The predicted octanol–water partition coefficient (Wildman–Crippen LogP) is 3.69. The standard InChI is InChI=1S/C17H24N4S/c1-13-7-9-21(10-8-13)12-16-6-4-3-5-15(16)11-18-17-19-14(2)20-22-17/h3-6,13H,7-12H2,1-2H3,(H,18,19,20). The van der Waals surface area contributed by atoms with Gasteiger partial charge in [-0.2, -0.15) is 4.37 Å². The van der Waals surface area contributed by atoms with Crippen LogP contribution in [0.3, 0.4) is 0 Å². The molecule has 1 aliphatic rings. The highest BCUT2D eigenvalue weighted by molar-refractivity contribution is 7.09. The lowest BCUT2D eigenvalue weighted by atomic mass is 9.98. The van der Waals surface area contributed by atoms with Crippen molar-refractivity contribution in [1.82, 2.24) is 14.3 Å². The maximum Gasteiger partial charge on any atom is 0.202 e. The fourth-order valence-electron chi connectivity index (χ4n) is 2.88. The summed E-state index contributed by atoms with van der Waals surface area (Å²) in [5, 5.41) is 4.29. The van der Waals surface area contributed by atoms with E-state index in [1.165, 1.54) is 48.6 Å². The number of anilines is 1. The van der Waals surface area contributed by atoms with Crippen molar-refractivity contribution in [2.24, 2.45) is 5.92 Å². The van der Waals surface area contributed by atoms with Crippen molar-refractivity contribution in [2.45, 2.75) is 39.8 Å². The maximum absolute atomic E-state index is 4.37. The summed E-state index contributed by atoms with van der Waals surface area (Å²) >= 11 is 1.43. The van der Waals surface area contributed by atoms with Gasteiger partial charge in [-0.25, -0.2) is 4.98 Å². The number of hydrogen-bond acceptors (Lipinski definition) is 5. The van der Waals surface area contributed by atoms with Crippen LogP contribution in [0, 0.1) is 12.8 Å². The van der Waals surface area contributed by atoms with E-state index in [1.54, 1.807) is 0 Å². The van der Waals surface area contributed by atoms with E-state index in [2.05, 4.69) is 50.8 Å². The second kappa shape index (κ2) is 7.20. The third kappa shape index (κ3) is 4.05. The van der Waals surface area contributed by atoms with Gasteiger partial charge >= 0.3 is 0 Å². The van der Waals surface area contributed by atoms with Crippen LogP contribution >= 0.6 is 11.5 Å². The van der Waals surface area contributed by atoms with Crippen LogP contribution < -0.4 is 5.32 Å². The Morgan fingerprint density at radius 2 is 1.95 bits per heavy atom. The summed E-state index contributed by atoms with van der Waals surface area (Å²) in [6.07, 6.45) is 2.65. The van der Waals surface area contributed by atoms with Crippen molar-refractivity contribution in [1.29, 1.82) is 0 Å². The number of piperidine rings is 1. The third-order valence-corrected chi connectivity index (χ3v) is 5.11. The minimum Gasteiger partial charge on any atom is -0.356 e. The molecule has 1 N–H and O–H groups in total. The zero-order valence-electron chi connectivity index (χ0n) is 13.4. The second-order valence-electron chi connectivity index (χ2n) is 6.23. The van der Waals surface area contributed by atoms with Gasteiger partial charge in [0, 0.05) is 24.6 Å². The van der Waals surface area contributed by atoms with E-state index < -0.39 is 0 Å². The first kappa shape index (κ1) is 15.4. The molecule has 1 aromatic heterocycles. The molecule has 1 saturated heterocycles. The van der Waals surface area contributed by atoms with Gasteiger partial charge in [0.1, 0.15) is 5.82 Å². The van der Waals surface area contributed by atoms with E-state index in [0.717, 1.165) is 30.0 Å². The van der Waals surface area contributed by atoms with Gasteiger partial charge in [0.2, 0.25) is 5.13 Å². The quantitative estimate of drug-likeness (QED) is 0.913. The van der Waals surface area contributed by atoms with Crippen molar-refractivity contribution in [3.63, 3.8) is 0 Å². The highest BCUT2D eigenvalue weighted by atomic mass is 32.1. The van der Waals surface area contributed by atoms with Crippen LogP contribution in [0.5, 0.6) is 0 Å². The van der Waals surface area contributed by atoms with E-state index in [1.807, 2.05) is 6.92 Å². The molecule has 5 heteroatoms. The highest BCUT2D eigenvalue weighted by Crippen LogP contribution is 2.20. The molecule has 3 rings (SSSR count). The average molecular weight is 316 g/mol. The predicted molar refractivity (Wildman–Crippen MR) is 92.1 cm³/mol. The SMILES string of the molecule is Cc1nsc(NCc2ccccc2CN2CCC(C)CC2)n1. The lowest BCUT2D eigenvalue weighted by molar-refractivity contribution is 0.185. The average Bonchev–Trinajstić information content (AvgIpc) is 2.94. The Labute approximate surface area is 136 Å². The van der Waals surface area contributed by atoms with Gasteiger partial charge in [-0.1, -0.05) is 31.2 Å². The Hall–Kier alpha value is -1.46. The Balaban J connectivity index is 1.62. The summed E-state index contributed by atoms with van der Waals surface area (Å²) in [7, 11) is 0. The molecule has 0 spiro atoms. The summed E-state index contributed by atoms with van der Waals surface area (Å²) in [4.78, 5) is 6.94. The number of hydrogen-bond donors (Lipinski definition) is 1. The fourth-order valence-corrected chi connectivity index (χ4v) is 3.45. The molecule has 2 aromatic rings. The van der Waals surface area contributed by atoms with E-state index in [-0.39, 0.29) is 0 Å². The summed E-state index contributed by atoms with van der Waals surface area (Å²) in [5.74, 6) is 1.72. The maximum atomic E-state index is 4.37. The molecule has 0 saturated carbocycles. The van der Waals surface area contributed by atoms with Gasteiger partial charge in [0.25, 0.3) is 0 Å². The Morgan fingerprint density at radius 3 is 2.64 bits per heavy atom. The van der Waals surface area contributed by atoms with Crippen molar-refractivity contribution in [3.05, 3.63) is 41.2 Å². The summed E-state index contributed by atoms with van der Waals surface area (Å²) in [6.45, 7) is 8.60. The first-order valence-corrected chi connectivity index (χ1v) is 8.81. The number of aryl methyl sites for hydroxylation is 1. The van der Waals surface area contributed by atoms with Gasteiger partial charge in [0.05, 0.1) is 0 Å². The van der Waals surface area contributed by atoms with Gasteiger partial charge in [-0.05, 0) is 49.9 Å². The normalized spacial score (nSPS) is 16.8. The zero-order valence-corrected chi connectivity index (χ0v) is 14.2. The minimum atomic E-state index is 0.815. The van der Waals surface area contributed by atoms with Crippen LogP contribution in [0.15, 0.2) is 24.3 Å². The van der Waals surface area contributed by atoms with Crippen molar-refractivity contribution in [3.8, 4) is 0 Å². The molecule has 4 nitrogen and oxygen atoms in total. The van der Waals surface area contributed by atoms with Crippen LogP contribution in [-0.4, -0.2) is 27.3 Å². The first-order chi connectivity index (χ1) is 10.7. The van der Waals surface area contributed by atoms with E-state index in [4.69, 9.17) is 0 Å². The molecule has 0 bridgehead atoms. The molecule has 0 atom stereocenters. The highest BCUT2D eigenvalue weighted by Gasteiger charge is 2.16. The molecule has 1 aliphatic heterocycles. The number of nitrogens with one attached hydrogen (secondary N) is 1.